The van der Waals surface area contributed by atoms with Gasteiger partial charge in [0.15, 0.2) is 5.69 Å². The van der Waals surface area contributed by atoms with Crippen LogP contribution in [-0.2, 0) is 5.41 Å². The van der Waals surface area contributed by atoms with Gasteiger partial charge in [0.2, 0.25) is 0 Å². The van der Waals surface area contributed by atoms with E-state index in [1.165, 1.54) is 27.4 Å². The van der Waals surface area contributed by atoms with Crippen molar-refractivity contribution in [3.63, 3.8) is 0 Å². The second-order valence-corrected chi connectivity index (χ2v) is 25.7. The van der Waals surface area contributed by atoms with Crippen LogP contribution in [0, 0.1) is 24.8 Å². The molecule has 74 heavy (non-hydrogen) atoms. The number of benzene rings is 10. The molecule has 0 atom stereocenters. The molecule has 0 radical (unpaired) electrons. The fourth-order valence-electron chi connectivity index (χ4n) is 12.2. The van der Waals surface area contributed by atoms with E-state index < -0.39 is 13.5 Å². The molecule has 0 unspecified atom stereocenters. The van der Waals surface area contributed by atoms with E-state index in [1.807, 2.05) is 36.4 Å². The Morgan fingerprint density at radius 2 is 0.919 bits per heavy atom. The maximum atomic E-state index is 10.1. The van der Waals surface area contributed by atoms with E-state index in [-0.39, 0.29) is 0 Å². The largest absolute Gasteiger partial charge is 0.455 e. The number of hydrogen-bond acceptors (Lipinski definition) is 5. The minimum atomic E-state index is -1.66. The zero-order chi connectivity index (χ0) is 50.0. The van der Waals surface area contributed by atoms with Crippen molar-refractivity contribution in [2.75, 3.05) is 9.80 Å². The first kappa shape index (κ1) is 43.4. The van der Waals surface area contributed by atoms with Crippen LogP contribution in [0.25, 0.3) is 71.0 Å². The van der Waals surface area contributed by atoms with Crippen LogP contribution in [0.4, 0.5) is 39.8 Å². The number of para-hydroxylation sites is 2. The summed E-state index contributed by atoms with van der Waals surface area (Å²) in [5.74, 6) is 0. The summed E-state index contributed by atoms with van der Waals surface area (Å²) in [6, 6.07) is 75.4. The van der Waals surface area contributed by atoms with E-state index in [2.05, 4.69) is 217 Å². The summed E-state index contributed by atoms with van der Waals surface area (Å²) in [4.78, 5) is 8.48. The SMILES string of the molecule is [C-]#[N+]c1ccc(N(c2ccc(C)cc2)c2cc3c(c4oc5ccccc5c24)-c2c(cc(N(c4ccc(C#N)cc4)c4ccc([Si](C)(C)C)cc4)c4c2oc2ccccc24)C32c3ccccc3-c3ccccc32)cc1. The molecule has 10 aromatic carbocycles. The van der Waals surface area contributed by atoms with Crippen LogP contribution in [0.3, 0.4) is 0 Å². The molecule has 2 heterocycles. The van der Waals surface area contributed by atoms with Crippen LogP contribution in [0.1, 0.15) is 33.4 Å². The molecule has 2 aromatic heterocycles. The van der Waals surface area contributed by atoms with Crippen molar-refractivity contribution < 1.29 is 8.83 Å². The Balaban J connectivity index is 1.19. The van der Waals surface area contributed by atoms with Crippen molar-refractivity contribution in [3.05, 3.63) is 251 Å². The average Bonchev–Trinajstić information content (AvgIpc) is 4.38. The molecule has 0 N–H and O–H groups in total. The van der Waals surface area contributed by atoms with Crippen molar-refractivity contribution >= 4 is 96.9 Å². The Morgan fingerprint density at radius 3 is 1.38 bits per heavy atom. The molecule has 14 rings (SSSR count). The lowest BCUT2D eigenvalue weighted by Gasteiger charge is -2.33. The van der Waals surface area contributed by atoms with E-state index in [0.29, 0.717) is 11.3 Å². The molecule has 350 valence electrons. The summed E-state index contributed by atoms with van der Waals surface area (Å²) in [6.45, 7) is 17.1. The van der Waals surface area contributed by atoms with Gasteiger partial charge in [-0.2, -0.15) is 5.26 Å². The lowest BCUT2D eigenvalue weighted by molar-refractivity contribution is 0.665. The Morgan fingerprint density at radius 1 is 0.500 bits per heavy atom. The number of fused-ring (bicyclic) bond motifs is 18. The van der Waals surface area contributed by atoms with E-state index in [9.17, 15) is 5.26 Å². The van der Waals surface area contributed by atoms with Gasteiger partial charge in [0.05, 0.1) is 53.8 Å². The molecule has 0 saturated carbocycles. The highest BCUT2D eigenvalue weighted by molar-refractivity contribution is 6.88. The number of nitrogens with zero attached hydrogens (tertiary/aromatic N) is 4. The molecule has 2 aliphatic rings. The first-order valence-electron chi connectivity index (χ1n) is 25.1. The van der Waals surface area contributed by atoms with Crippen LogP contribution in [0.15, 0.2) is 215 Å². The number of furan rings is 2. The summed E-state index contributed by atoms with van der Waals surface area (Å²) in [5.41, 5.74) is 19.2. The number of rotatable bonds is 7. The van der Waals surface area contributed by atoms with Gasteiger partial charge >= 0.3 is 0 Å². The number of aryl methyl sites for hydroxylation is 1. The molecule has 7 heteroatoms. The number of anilines is 6. The Kier molecular flexibility index (Phi) is 9.41. The molecule has 1 spiro atoms. The molecule has 12 aromatic rings. The predicted molar refractivity (Wildman–Crippen MR) is 305 cm³/mol. The number of nitriles is 1. The first-order chi connectivity index (χ1) is 36.1. The van der Waals surface area contributed by atoms with Gasteiger partial charge in [0.1, 0.15) is 22.3 Å². The third-order valence-electron chi connectivity index (χ3n) is 15.5. The first-order valence-corrected chi connectivity index (χ1v) is 28.6. The maximum absolute atomic E-state index is 10.1. The van der Waals surface area contributed by atoms with Crippen molar-refractivity contribution in [3.8, 4) is 28.3 Å². The molecule has 2 aliphatic carbocycles. The fourth-order valence-corrected chi connectivity index (χ4v) is 13.3. The van der Waals surface area contributed by atoms with Gasteiger partial charge in [-0.05, 0) is 125 Å². The van der Waals surface area contributed by atoms with Gasteiger partial charge in [-0.1, -0.05) is 152 Å². The summed E-state index contributed by atoms with van der Waals surface area (Å²) < 4.78 is 14.8. The van der Waals surface area contributed by atoms with Gasteiger partial charge in [0.25, 0.3) is 0 Å². The Bertz CT molecular complexity index is 4330. The normalized spacial score (nSPS) is 12.9. The van der Waals surface area contributed by atoms with Gasteiger partial charge < -0.3 is 18.6 Å². The lowest BCUT2D eigenvalue weighted by atomic mass is 9.70. The fraction of sp³-hybridized carbons (Fsp3) is 0.0746. The van der Waals surface area contributed by atoms with Crippen molar-refractivity contribution in [1.82, 2.24) is 0 Å². The van der Waals surface area contributed by atoms with E-state index in [0.717, 1.165) is 106 Å². The second kappa shape index (κ2) is 16.1. The van der Waals surface area contributed by atoms with Crippen LogP contribution in [0.2, 0.25) is 19.6 Å². The minimum Gasteiger partial charge on any atom is -0.455 e. The van der Waals surface area contributed by atoms with E-state index in [4.69, 9.17) is 15.4 Å². The van der Waals surface area contributed by atoms with Crippen molar-refractivity contribution in [2.45, 2.75) is 32.0 Å². The van der Waals surface area contributed by atoms with E-state index >= 15 is 0 Å². The third kappa shape index (κ3) is 6.14. The molecular weight excluding hydrogens is 921 g/mol. The zero-order valence-electron chi connectivity index (χ0n) is 41.2. The summed E-state index contributed by atoms with van der Waals surface area (Å²) in [5, 5.41) is 15.4. The van der Waals surface area contributed by atoms with Crippen molar-refractivity contribution in [2.24, 2.45) is 0 Å². The van der Waals surface area contributed by atoms with Crippen LogP contribution in [-0.4, -0.2) is 8.07 Å². The summed E-state index contributed by atoms with van der Waals surface area (Å²) in [6.07, 6.45) is 0. The Labute approximate surface area is 430 Å². The standard InChI is InChI=1S/C67H46N4O2Si/c1-41-22-28-44(29-23-41)70(46-32-26-43(69-2)27-33-46)57-38-55-63(65-61(57)51-16-8-12-20-59(51)72-65)64-56(67(55)53-18-10-6-14-49(53)50-15-7-11-19-54(50)67)39-58(62-52-17-9-13-21-60(52)73-66(62)64)71(45-30-24-42(40-68)25-31-45)47-34-36-48(37-35-47)74(3,4)5/h6-39H,1,3-5H3. The van der Waals surface area contributed by atoms with E-state index in [1.54, 1.807) is 0 Å². The molecule has 0 saturated heterocycles. The molecular formula is C67H46N4O2Si. The maximum Gasteiger partial charge on any atom is 0.187 e. The summed E-state index contributed by atoms with van der Waals surface area (Å²) in [7, 11) is -1.66. The second-order valence-electron chi connectivity index (χ2n) is 20.7. The smallest absolute Gasteiger partial charge is 0.187 e. The summed E-state index contributed by atoms with van der Waals surface area (Å²) >= 11 is 0. The van der Waals surface area contributed by atoms with Gasteiger partial charge in [-0.25, -0.2) is 4.85 Å². The molecule has 6 nitrogen and oxygen atoms in total. The highest BCUT2D eigenvalue weighted by Gasteiger charge is 2.55. The topological polar surface area (TPSA) is 60.9 Å². The van der Waals surface area contributed by atoms with Gasteiger partial charge in [-0.15, -0.1) is 0 Å². The monoisotopic (exact) mass is 966 g/mol. The third-order valence-corrected chi connectivity index (χ3v) is 17.6. The van der Waals surface area contributed by atoms with Gasteiger partial charge in [-0.3, -0.25) is 0 Å². The predicted octanol–water partition coefficient (Wildman–Crippen LogP) is 18.0. The lowest BCUT2D eigenvalue weighted by Crippen LogP contribution is -2.37. The van der Waals surface area contributed by atoms with Gasteiger partial charge in [0, 0.05) is 44.6 Å². The Hall–Kier alpha value is -9.40. The minimum absolute atomic E-state index is 0.576. The van der Waals surface area contributed by atoms with Crippen LogP contribution < -0.4 is 15.0 Å². The van der Waals surface area contributed by atoms with Crippen LogP contribution in [0.5, 0.6) is 0 Å². The zero-order valence-corrected chi connectivity index (χ0v) is 42.2. The average molecular weight is 967 g/mol. The highest BCUT2D eigenvalue weighted by Crippen LogP contribution is 2.68. The molecule has 0 amide bonds. The molecule has 0 bridgehead atoms. The van der Waals surface area contributed by atoms with Crippen molar-refractivity contribution in [1.29, 1.82) is 5.26 Å². The quantitative estimate of drug-likeness (QED) is 0.118. The molecule has 0 fully saturated rings. The van der Waals surface area contributed by atoms with Crippen LogP contribution >= 0.6 is 0 Å². The molecule has 0 aliphatic heterocycles. The highest BCUT2D eigenvalue weighted by atomic mass is 28.3. The number of hydrogen-bond donors (Lipinski definition) is 0.